The van der Waals surface area contributed by atoms with E-state index in [2.05, 4.69) is 35.2 Å². The lowest BCUT2D eigenvalue weighted by molar-refractivity contribution is 0.457. The van der Waals surface area contributed by atoms with E-state index in [-0.39, 0.29) is 0 Å². The van der Waals surface area contributed by atoms with Gasteiger partial charge in [-0.15, -0.1) is 11.3 Å². The molecule has 19 heavy (non-hydrogen) atoms. The van der Waals surface area contributed by atoms with Gasteiger partial charge >= 0.3 is 0 Å². The van der Waals surface area contributed by atoms with Crippen molar-refractivity contribution in [3.8, 4) is 0 Å². The van der Waals surface area contributed by atoms with Crippen molar-refractivity contribution in [3.05, 3.63) is 45.7 Å². The summed E-state index contributed by atoms with van der Waals surface area (Å²) < 4.78 is 0. The van der Waals surface area contributed by atoms with E-state index in [1.54, 1.807) is 0 Å². The Balaban J connectivity index is 1.72. The average Bonchev–Trinajstić information content (AvgIpc) is 3.06. The Bertz CT molecular complexity index is 564. The zero-order valence-corrected chi connectivity index (χ0v) is 12.2. The molecule has 2 unspecified atom stereocenters. The molecule has 0 spiro atoms. The van der Waals surface area contributed by atoms with Gasteiger partial charge in [0, 0.05) is 17.3 Å². The lowest BCUT2D eigenvalue weighted by Crippen LogP contribution is -2.23. The zero-order chi connectivity index (χ0) is 13.2. The van der Waals surface area contributed by atoms with Crippen LogP contribution in [0.1, 0.15) is 53.5 Å². The van der Waals surface area contributed by atoms with E-state index in [1.807, 2.05) is 29.8 Å². The van der Waals surface area contributed by atoms with Gasteiger partial charge in [0.2, 0.25) is 0 Å². The van der Waals surface area contributed by atoms with E-state index < -0.39 is 0 Å². The van der Waals surface area contributed by atoms with Gasteiger partial charge in [-0.3, -0.25) is 10.3 Å². The summed E-state index contributed by atoms with van der Waals surface area (Å²) in [6, 6.07) is 4.88. The highest BCUT2D eigenvalue weighted by molar-refractivity contribution is 7.11. The highest BCUT2D eigenvalue weighted by atomic mass is 32.1. The van der Waals surface area contributed by atoms with Gasteiger partial charge in [0.05, 0.1) is 17.8 Å². The van der Waals surface area contributed by atoms with Crippen molar-refractivity contribution in [1.29, 1.82) is 0 Å². The number of nitrogens with zero attached hydrogens (tertiary/aromatic N) is 2. The Morgan fingerprint density at radius 3 is 3.16 bits per heavy atom. The molecule has 2 heterocycles. The molecule has 0 radical (unpaired) electrons. The van der Waals surface area contributed by atoms with Crippen LogP contribution < -0.4 is 5.32 Å². The second-order valence-electron chi connectivity index (χ2n) is 5.05. The second-order valence-corrected chi connectivity index (χ2v) is 6.19. The molecule has 100 valence electrons. The maximum Gasteiger partial charge on any atom is 0.109 e. The van der Waals surface area contributed by atoms with Crippen LogP contribution in [-0.4, -0.2) is 9.97 Å². The van der Waals surface area contributed by atoms with E-state index in [0.717, 1.165) is 19.3 Å². The first kappa shape index (κ1) is 12.8. The minimum absolute atomic E-state index is 0.295. The Kier molecular flexibility index (Phi) is 3.62. The number of hydrogen-bond acceptors (Lipinski definition) is 4. The summed E-state index contributed by atoms with van der Waals surface area (Å²) >= 11 is 1.81. The summed E-state index contributed by atoms with van der Waals surface area (Å²) in [6.45, 7) is 4.37. The van der Waals surface area contributed by atoms with Crippen molar-refractivity contribution in [2.45, 2.75) is 45.2 Å². The van der Waals surface area contributed by atoms with Crippen LogP contribution in [0.2, 0.25) is 0 Å². The minimum atomic E-state index is 0.295. The van der Waals surface area contributed by atoms with Gasteiger partial charge in [-0.1, -0.05) is 13.0 Å². The third-order valence-electron chi connectivity index (χ3n) is 3.70. The lowest BCUT2D eigenvalue weighted by atomic mass is 10.2. The molecular formula is C15H19N3S. The number of aromatic nitrogens is 2. The molecule has 3 nitrogen and oxygen atoms in total. The van der Waals surface area contributed by atoms with Crippen LogP contribution in [0.15, 0.2) is 24.5 Å². The van der Waals surface area contributed by atoms with E-state index in [4.69, 9.17) is 0 Å². The van der Waals surface area contributed by atoms with Gasteiger partial charge in [-0.2, -0.15) is 0 Å². The number of rotatable bonds is 4. The zero-order valence-electron chi connectivity index (χ0n) is 11.4. The van der Waals surface area contributed by atoms with Gasteiger partial charge in [0.1, 0.15) is 5.01 Å². The maximum atomic E-state index is 4.53. The maximum absolute atomic E-state index is 4.53. The van der Waals surface area contributed by atoms with Crippen molar-refractivity contribution in [2.75, 3.05) is 0 Å². The quantitative estimate of drug-likeness (QED) is 0.927. The number of aryl methyl sites for hydroxylation is 2. The largest absolute Gasteiger partial charge is 0.300 e. The van der Waals surface area contributed by atoms with Crippen molar-refractivity contribution < 1.29 is 0 Å². The van der Waals surface area contributed by atoms with Crippen molar-refractivity contribution in [1.82, 2.24) is 15.3 Å². The number of nitrogens with one attached hydrogen (secondary N) is 1. The summed E-state index contributed by atoms with van der Waals surface area (Å²) in [5.74, 6) is 0. The average molecular weight is 273 g/mol. The number of hydrogen-bond donors (Lipinski definition) is 1. The van der Waals surface area contributed by atoms with Crippen LogP contribution in [0.3, 0.4) is 0 Å². The third kappa shape index (κ3) is 2.55. The second kappa shape index (κ2) is 5.39. The fourth-order valence-corrected chi connectivity index (χ4v) is 3.50. The number of thiazole rings is 1. The molecule has 1 N–H and O–H groups in total. The van der Waals surface area contributed by atoms with Gasteiger partial charge in [0.15, 0.2) is 0 Å². The monoisotopic (exact) mass is 273 g/mol. The van der Waals surface area contributed by atoms with Crippen molar-refractivity contribution in [2.24, 2.45) is 0 Å². The van der Waals surface area contributed by atoms with Gasteiger partial charge in [-0.05, 0) is 37.8 Å². The number of fused-ring (bicyclic) bond motifs is 1. The predicted octanol–water partition coefficient (Wildman–Crippen LogP) is 3.44. The summed E-state index contributed by atoms with van der Waals surface area (Å²) in [5.41, 5.74) is 2.61. The molecule has 0 aromatic carbocycles. The molecule has 0 saturated carbocycles. The van der Waals surface area contributed by atoms with E-state index in [0.29, 0.717) is 12.1 Å². The number of pyridine rings is 1. The Morgan fingerprint density at radius 2 is 2.37 bits per heavy atom. The molecule has 2 aromatic rings. The third-order valence-corrected chi connectivity index (χ3v) is 5.02. The van der Waals surface area contributed by atoms with Gasteiger partial charge < -0.3 is 0 Å². The van der Waals surface area contributed by atoms with Crippen LogP contribution in [0, 0.1) is 0 Å². The first-order valence-electron chi connectivity index (χ1n) is 6.92. The van der Waals surface area contributed by atoms with Crippen LogP contribution >= 0.6 is 11.3 Å². The van der Waals surface area contributed by atoms with Gasteiger partial charge in [0.25, 0.3) is 0 Å². The molecule has 1 aliphatic carbocycles. The molecule has 0 fully saturated rings. The highest BCUT2D eigenvalue weighted by Gasteiger charge is 2.25. The summed E-state index contributed by atoms with van der Waals surface area (Å²) in [6.07, 6.45) is 7.23. The van der Waals surface area contributed by atoms with Crippen LogP contribution in [0.4, 0.5) is 0 Å². The molecule has 0 saturated heterocycles. The van der Waals surface area contributed by atoms with Crippen LogP contribution in [-0.2, 0) is 12.8 Å². The first-order valence-corrected chi connectivity index (χ1v) is 7.74. The van der Waals surface area contributed by atoms with Gasteiger partial charge in [-0.25, -0.2) is 4.98 Å². The molecule has 4 heteroatoms. The lowest BCUT2D eigenvalue weighted by Gasteiger charge is -2.17. The first-order chi connectivity index (χ1) is 9.28. The summed E-state index contributed by atoms with van der Waals surface area (Å²) in [7, 11) is 0. The Hall–Kier alpha value is -1.26. The fourth-order valence-electron chi connectivity index (χ4n) is 2.63. The summed E-state index contributed by atoms with van der Waals surface area (Å²) in [5, 5.41) is 4.86. The Labute approximate surface area is 118 Å². The van der Waals surface area contributed by atoms with Crippen molar-refractivity contribution >= 4 is 11.3 Å². The SMILES string of the molecule is CCc1cnc(C(C)NC2CCc3cccnc32)s1. The van der Waals surface area contributed by atoms with E-state index in [9.17, 15) is 0 Å². The fraction of sp³-hybridized carbons (Fsp3) is 0.467. The molecule has 0 amide bonds. The molecule has 0 bridgehead atoms. The van der Waals surface area contributed by atoms with Crippen molar-refractivity contribution in [3.63, 3.8) is 0 Å². The standard InChI is InChI=1S/C15H19N3S/c1-3-12-9-17-15(19-12)10(2)18-13-7-6-11-5-4-8-16-14(11)13/h4-5,8-10,13,18H,3,6-7H2,1-2H3. The molecule has 3 rings (SSSR count). The molecule has 2 aromatic heterocycles. The highest BCUT2D eigenvalue weighted by Crippen LogP contribution is 2.31. The molecular weight excluding hydrogens is 254 g/mol. The minimum Gasteiger partial charge on any atom is -0.300 e. The van der Waals surface area contributed by atoms with E-state index >= 15 is 0 Å². The normalized spacial score (nSPS) is 19.4. The smallest absolute Gasteiger partial charge is 0.109 e. The van der Waals surface area contributed by atoms with E-state index in [1.165, 1.54) is 21.1 Å². The van der Waals surface area contributed by atoms with Crippen LogP contribution in [0.25, 0.3) is 0 Å². The topological polar surface area (TPSA) is 37.8 Å². The summed E-state index contributed by atoms with van der Waals surface area (Å²) in [4.78, 5) is 10.4. The van der Waals surface area contributed by atoms with Crippen LogP contribution in [0.5, 0.6) is 0 Å². The molecule has 1 aliphatic rings. The Morgan fingerprint density at radius 1 is 1.47 bits per heavy atom. The molecule has 2 atom stereocenters. The molecule has 0 aliphatic heterocycles. The predicted molar refractivity (Wildman–Crippen MR) is 78.3 cm³/mol.